The zero-order valence-corrected chi connectivity index (χ0v) is 17.7. The molecule has 0 saturated heterocycles. The number of hydrogen-bond acceptors (Lipinski definition) is 3. The Bertz CT molecular complexity index is 901. The second kappa shape index (κ2) is 8.13. The molecule has 2 aromatic carbocycles. The van der Waals surface area contributed by atoms with E-state index in [2.05, 4.69) is 0 Å². The number of rotatable bonds is 6. The molecule has 1 amide bonds. The summed E-state index contributed by atoms with van der Waals surface area (Å²) in [6, 6.07) is 12.7. The van der Waals surface area contributed by atoms with Gasteiger partial charge in [0.25, 0.3) is 0 Å². The largest absolute Gasteiger partial charge is 0.340 e. The van der Waals surface area contributed by atoms with Crippen molar-refractivity contribution in [1.82, 2.24) is 4.90 Å². The number of carbonyl (C=O) groups excluding carboxylic acids is 1. The number of sulfonamides is 1. The lowest BCUT2D eigenvalue weighted by Crippen LogP contribution is -2.48. The van der Waals surface area contributed by atoms with E-state index in [0.29, 0.717) is 12.2 Å². The first-order chi connectivity index (χ1) is 12.5. The molecule has 0 aliphatic carbocycles. The first kappa shape index (κ1) is 21.0. The summed E-state index contributed by atoms with van der Waals surface area (Å²) >= 11 is 0. The third kappa shape index (κ3) is 5.32. The molecule has 27 heavy (non-hydrogen) atoms. The van der Waals surface area contributed by atoms with Gasteiger partial charge in [-0.3, -0.25) is 9.10 Å². The lowest BCUT2D eigenvalue weighted by atomic mass is 10.1. The second-order valence-electron chi connectivity index (χ2n) is 7.26. The van der Waals surface area contributed by atoms with E-state index < -0.39 is 16.1 Å². The van der Waals surface area contributed by atoms with Gasteiger partial charge in [-0.1, -0.05) is 35.9 Å². The molecule has 0 saturated carbocycles. The van der Waals surface area contributed by atoms with Crippen LogP contribution in [0.5, 0.6) is 0 Å². The summed E-state index contributed by atoms with van der Waals surface area (Å²) in [6.45, 7) is 7.88. The minimum Gasteiger partial charge on any atom is -0.340 e. The van der Waals surface area contributed by atoms with Gasteiger partial charge in [-0.2, -0.15) is 0 Å². The molecule has 0 N–H and O–H groups in total. The topological polar surface area (TPSA) is 57.7 Å². The SMILES string of the molecule is Cc1ccc(CN(C)C(=O)[C@@H](C)N(c2cc(C)cc(C)c2)S(C)(=O)=O)cc1. The molecule has 0 bridgehead atoms. The van der Waals surface area contributed by atoms with Gasteiger partial charge in [0.05, 0.1) is 11.9 Å². The molecule has 146 valence electrons. The van der Waals surface area contributed by atoms with Crippen molar-refractivity contribution >= 4 is 21.6 Å². The van der Waals surface area contributed by atoms with Crippen LogP contribution in [0.2, 0.25) is 0 Å². The van der Waals surface area contributed by atoms with Crippen LogP contribution in [-0.2, 0) is 21.4 Å². The molecule has 2 rings (SSSR count). The Kier molecular flexibility index (Phi) is 6.31. The highest BCUT2D eigenvalue weighted by atomic mass is 32.2. The monoisotopic (exact) mass is 388 g/mol. The predicted octanol–water partition coefficient (Wildman–Crippen LogP) is 3.42. The molecule has 0 unspecified atom stereocenters. The van der Waals surface area contributed by atoms with Gasteiger partial charge in [-0.25, -0.2) is 8.42 Å². The van der Waals surface area contributed by atoms with Crippen LogP contribution in [0.3, 0.4) is 0 Å². The molecule has 0 heterocycles. The molecule has 0 fully saturated rings. The fraction of sp³-hybridized carbons (Fsp3) is 0.381. The summed E-state index contributed by atoms with van der Waals surface area (Å²) in [6.07, 6.45) is 1.13. The Morgan fingerprint density at radius 3 is 1.96 bits per heavy atom. The van der Waals surface area contributed by atoms with Crippen molar-refractivity contribution in [3.8, 4) is 0 Å². The molecule has 1 atom stereocenters. The molecule has 6 heteroatoms. The Morgan fingerprint density at radius 2 is 1.48 bits per heavy atom. The third-order valence-corrected chi connectivity index (χ3v) is 5.69. The fourth-order valence-electron chi connectivity index (χ4n) is 3.24. The number of carbonyl (C=O) groups is 1. The maximum atomic E-state index is 13.0. The summed E-state index contributed by atoms with van der Waals surface area (Å²) in [7, 11) is -1.93. The number of nitrogens with zero attached hydrogens (tertiary/aromatic N) is 2. The van der Waals surface area contributed by atoms with Crippen molar-refractivity contribution in [1.29, 1.82) is 0 Å². The van der Waals surface area contributed by atoms with Gasteiger partial charge >= 0.3 is 0 Å². The van der Waals surface area contributed by atoms with Crippen molar-refractivity contribution in [2.75, 3.05) is 17.6 Å². The highest BCUT2D eigenvalue weighted by molar-refractivity contribution is 7.92. The van der Waals surface area contributed by atoms with E-state index in [0.717, 1.165) is 28.5 Å². The van der Waals surface area contributed by atoms with E-state index >= 15 is 0 Å². The van der Waals surface area contributed by atoms with Crippen LogP contribution in [0.15, 0.2) is 42.5 Å². The Hall–Kier alpha value is -2.34. The van der Waals surface area contributed by atoms with E-state index in [1.165, 1.54) is 4.31 Å². The van der Waals surface area contributed by atoms with Gasteiger partial charge in [0.1, 0.15) is 6.04 Å². The first-order valence-electron chi connectivity index (χ1n) is 8.87. The Labute approximate surface area is 162 Å². The Balaban J connectivity index is 2.30. The van der Waals surface area contributed by atoms with Gasteiger partial charge in [0.15, 0.2) is 0 Å². The average molecular weight is 389 g/mol. The van der Waals surface area contributed by atoms with Crippen LogP contribution in [0.4, 0.5) is 5.69 Å². The number of likely N-dealkylation sites (N-methyl/N-ethyl adjacent to an activating group) is 1. The highest BCUT2D eigenvalue weighted by Gasteiger charge is 2.31. The van der Waals surface area contributed by atoms with Crippen LogP contribution >= 0.6 is 0 Å². The third-order valence-electron chi connectivity index (χ3n) is 4.44. The number of amides is 1. The van der Waals surface area contributed by atoms with Crippen molar-refractivity contribution < 1.29 is 13.2 Å². The van der Waals surface area contributed by atoms with Gasteiger partial charge in [0.2, 0.25) is 15.9 Å². The van der Waals surface area contributed by atoms with Gasteiger partial charge in [-0.15, -0.1) is 0 Å². The standard InChI is InChI=1S/C21H28N2O3S/c1-15-7-9-19(10-8-15)14-22(5)21(24)18(4)23(27(6,25)26)20-12-16(2)11-17(3)13-20/h7-13,18H,14H2,1-6H3/t18-/m1/s1. The molecular weight excluding hydrogens is 360 g/mol. The van der Waals surface area contributed by atoms with Crippen LogP contribution in [0.1, 0.15) is 29.2 Å². The van der Waals surface area contributed by atoms with Crippen molar-refractivity contribution in [3.63, 3.8) is 0 Å². The molecule has 0 aliphatic heterocycles. The molecule has 0 spiro atoms. The summed E-state index contributed by atoms with van der Waals surface area (Å²) in [5.41, 5.74) is 4.57. The minimum absolute atomic E-state index is 0.250. The maximum Gasteiger partial charge on any atom is 0.246 e. The molecule has 5 nitrogen and oxygen atoms in total. The zero-order chi connectivity index (χ0) is 20.4. The molecule has 0 aromatic heterocycles. The van der Waals surface area contributed by atoms with Crippen LogP contribution < -0.4 is 4.31 Å². The van der Waals surface area contributed by atoms with E-state index in [1.54, 1.807) is 31.0 Å². The lowest BCUT2D eigenvalue weighted by molar-refractivity contribution is -0.131. The molecule has 2 aromatic rings. The summed E-state index contributed by atoms with van der Waals surface area (Å²) in [5, 5.41) is 0. The normalized spacial score (nSPS) is 12.5. The number of hydrogen-bond donors (Lipinski definition) is 0. The summed E-state index contributed by atoms with van der Waals surface area (Å²) in [4.78, 5) is 14.5. The van der Waals surface area contributed by atoms with Crippen LogP contribution in [-0.4, -0.2) is 38.6 Å². The molecular formula is C21H28N2O3S. The number of aryl methyl sites for hydroxylation is 3. The predicted molar refractivity (Wildman–Crippen MR) is 110 cm³/mol. The zero-order valence-electron chi connectivity index (χ0n) is 16.9. The van der Waals surface area contributed by atoms with Gasteiger partial charge in [0, 0.05) is 13.6 Å². The van der Waals surface area contributed by atoms with Crippen LogP contribution in [0.25, 0.3) is 0 Å². The Morgan fingerprint density at radius 1 is 0.963 bits per heavy atom. The van der Waals surface area contributed by atoms with Crippen LogP contribution in [0, 0.1) is 20.8 Å². The van der Waals surface area contributed by atoms with E-state index in [1.807, 2.05) is 51.1 Å². The summed E-state index contributed by atoms with van der Waals surface area (Å²) in [5.74, 6) is -0.250. The van der Waals surface area contributed by atoms with Crippen molar-refractivity contribution in [2.45, 2.75) is 40.3 Å². The second-order valence-corrected chi connectivity index (χ2v) is 9.12. The number of anilines is 1. The van der Waals surface area contributed by atoms with E-state index in [-0.39, 0.29) is 5.91 Å². The maximum absolute atomic E-state index is 13.0. The van der Waals surface area contributed by atoms with E-state index in [4.69, 9.17) is 0 Å². The smallest absolute Gasteiger partial charge is 0.246 e. The highest BCUT2D eigenvalue weighted by Crippen LogP contribution is 2.24. The quantitative estimate of drug-likeness (QED) is 0.762. The number of benzene rings is 2. The van der Waals surface area contributed by atoms with E-state index in [9.17, 15) is 13.2 Å². The molecule has 0 radical (unpaired) electrons. The lowest BCUT2D eigenvalue weighted by Gasteiger charge is -2.31. The fourth-order valence-corrected chi connectivity index (χ4v) is 4.40. The summed E-state index contributed by atoms with van der Waals surface area (Å²) < 4.78 is 26.2. The molecule has 0 aliphatic rings. The van der Waals surface area contributed by atoms with Gasteiger partial charge in [-0.05, 0) is 56.5 Å². The minimum atomic E-state index is -3.62. The van der Waals surface area contributed by atoms with Crippen molar-refractivity contribution in [3.05, 3.63) is 64.7 Å². The first-order valence-corrected chi connectivity index (χ1v) is 10.7. The van der Waals surface area contributed by atoms with Crippen molar-refractivity contribution in [2.24, 2.45) is 0 Å². The average Bonchev–Trinajstić information content (AvgIpc) is 2.54. The van der Waals surface area contributed by atoms with Gasteiger partial charge < -0.3 is 4.90 Å².